The summed E-state index contributed by atoms with van der Waals surface area (Å²) in [7, 11) is 1.57. The second kappa shape index (κ2) is 11.0. The van der Waals surface area contributed by atoms with Crippen molar-refractivity contribution in [2.24, 2.45) is 0 Å². The van der Waals surface area contributed by atoms with Crippen molar-refractivity contribution in [1.29, 1.82) is 0 Å². The molecule has 0 bridgehead atoms. The van der Waals surface area contributed by atoms with Crippen LogP contribution in [0.3, 0.4) is 0 Å². The van der Waals surface area contributed by atoms with Crippen molar-refractivity contribution in [2.75, 3.05) is 24.7 Å². The van der Waals surface area contributed by atoms with E-state index in [4.69, 9.17) is 0 Å². The molecule has 4 aromatic rings. The summed E-state index contributed by atoms with van der Waals surface area (Å²) in [5.41, 5.74) is 2.82. The predicted octanol–water partition coefficient (Wildman–Crippen LogP) is 4.57. The summed E-state index contributed by atoms with van der Waals surface area (Å²) in [6, 6.07) is 23.1. The average molecular weight is 490 g/mol. The van der Waals surface area contributed by atoms with Gasteiger partial charge in [0.25, 0.3) is 0 Å². The highest BCUT2D eigenvalue weighted by Gasteiger charge is 2.20. The lowest BCUT2D eigenvalue weighted by molar-refractivity contribution is -0.131. The van der Waals surface area contributed by atoms with Crippen LogP contribution in [0.4, 0.5) is 10.1 Å². The van der Waals surface area contributed by atoms with Gasteiger partial charge in [0.2, 0.25) is 11.8 Å². The van der Waals surface area contributed by atoms with Gasteiger partial charge >= 0.3 is 0 Å². The Balaban J connectivity index is 1.46. The number of carbonyl (C=O) groups excluding carboxylic acids is 2. The molecule has 9 heteroatoms. The Morgan fingerprint density at radius 2 is 1.66 bits per heavy atom. The van der Waals surface area contributed by atoms with E-state index in [1.165, 1.54) is 22.7 Å². The van der Waals surface area contributed by atoms with E-state index < -0.39 is 5.82 Å². The molecule has 0 unspecified atom stereocenters. The lowest BCUT2D eigenvalue weighted by Gasteiger charge is -2.17. The molecule has 0 radical (unpaired) electrons. The number of amides is 2. The first-order chi connectivity index (χ1) is 16.9. The number of thioether (sulfide) groups is 1. The third-order valence-electron chi connectivity index (χ3n) is 5.23. The number of hydrogen-bond donors (Lipinski definition) is 1. The molecule has 0 aliphatic carbocycles. The Morgan fingerprint density at radius 1 is 0.971 bits per heavy atom. The molecule has 3 aromatic carbocycles. The van der Waals surface area contributed by atoms with Crippen molar-refractivity contribution < 1.29 is 14.0 Å². The first kappa shape index (κ1) is 24.2. The molecule has 0 aliphatic rings. The highest BCUT2D eigenvalue weighted by Crippen LogP contribution is 2.29. The van der Waals surface area contributed by atoms with Crippen molar-refractivity contribution in [3.8, 4) is 17.1 Å². The summed E-state index contributed by atoms with van der Waals surface area (Å²) in [6.07, 6.45) is 0. The van der Waals surface area contributed by atoms with Gasteiger partial charge in [-0.3, -0.25) is 14.2 Å². The van der Waals surface area contributed by atoms with Crippen molar-refractivity contribution in [2.45, 2.75) is 12.1 Å². The van der Waals surface area contributed by atoms with Crippen LogP contribution in [0.1, 0.15) is 5.56 Å². The topological polar surface area (TPSA) is 80.1 Å². The number of carbonyl (C=O) groups is 2. The molecule has 2 amide bonds. The van der Waals surface area contributed by atoms with E-state index in [9.17, 15) is 14.0 Å². The fourth-order valence-corrected chi connectivity index (χ4v) is 4.26. The summed E-state index contributed by atoms with van der Waals surface area (Å²) in [5.74, 6) is -0.566. The van der Waals surface area contributed by atoms with E-state index in [0.717, 1.165) is 11.3 Å². The smallest absolute Gasteiger partial charge is 0.243 e. The molecule has 1 N–H and O–H groups in total. The standard InChI is InChI=1S/C26H24FN5O2S/c1-18-12-14-19(15-13-18)28-23(33)16-31(2)24(34)17-35-26-30-29-25(21-10-6-7-11-22(21)27)32(26)20-8-4-3-5-9-20/h3-15H,16-17H2,1-2H3,(H,28,33). The van der Waals surface area contributed by atoms with Crippen molar-refractivity contribution in [3.05, 3.63) is 90.2 Å². The summed E-state index contributed by atoms with van der Waals surface area (Å²) >= 11 is 1.18. The molecule has 35 heavy (non-hydrogen) atoms. The largest absolute Gasteiger partial charge is 0.336 e. The second-order valence-electron chi connectivity index (χ2n) is 7.91. The molecule has 4 rings (SSSR count). The van der Waals surface area contributed by atoms with Crippen molar-refractivity contribution in [1.82, 2.24) is 19.7 Å². The van der Waals surface area contributed by atoms with E-state index in [0.29, 0.717) is 22.2 Å². The van der Waals surface area contributed by atoms with Gasteiger partial charge in [-0.25, -0.2) is 4.39 Å². The van der Waals surface area contributed by atoms with Crippen LogP contribution in [0.25, 0.3) is 17.1 Å². The van der Waals surface area contributed by atoms with Gasteiger partial charge in [-0.2, -0.15) is 0 Å². The first-order valence-electron chi connectivity index (χ1n) is 10.9. The van der Waals surface area contributed by atoms with E-state index >= 15 is 0 Å². The number of aryl methyl sites for hydroxylation is 1. The highest BCUT2D eigenvalue weighted by atomic mass is 32.2. The summed E-state index contributed by atoms with van der Waals surface area (Å²) in [4.78, 5) is 26.4. The van der Waals surface area contributed by atoms with Crippen LogP contribution in [0, 0.1) is 12.7 Å². The Morgan fingerprint density at radius 3 is 2.37 bits per heavy atom. The molecule has 0 saturated heterocycles. The number of rotatable bonds is 8. The zero-order valence-electron chi connectivity index (χ0n) is 19.3. The molecule has 0 spiro atoms. The Hall–Kier alpha value is -3.98. The molecule has 1 aromatic heterocycles. The number of halogens is 1. The number of nitrogens with one attached hydrogen (secondary N) is 1. The predicted molar refractivity (Wildman–Crippen MR) is 135 cm³/mol. The van der Waals surface area contributed by atoms with Crippen molar-refractivity contribution >= 4 is 29.3 Å². The monoisotopic (exact) mass is 489 g/mol. The summed E-state index contributed by atoms with van der Waals surface area (Å²) in [6.45, 7) is 1.88. The molecule has 7 nitrogen and oxygen atoms in total. The van der Waals surface area contributed by atoms with Gasteiger partial charge in [-0.1, -0.05) is 59.8 Å². The lowest BCUT2D eigenvalue weighted by Crippen LogP contribution is -2.36. The Labute approximate surface area is 207 Å². The van der Waals surface area contributed by atoms with Gasteiger partial charge in [0.05, 0.1) is 17.9 Å². The maximum atomic E-state index is 14.5. The number of para-hydroxylation sites is 1. The van der Waals surface area contributed by atoms with Gasteiger partial charge in [-0.15, -0.1) is 10.2 Å². The van der Waals surface area contributed by atoms with Crippen LogP contribution in [-0.4, -0.2) is 50.8 Å². The third-order valence-corrected chi connectivity index (χ3v) is 6.14. The lowest BCUT2D eigenvalue weighted by atomic mass is 10.2. The van der Waals surface area contributed by atoms with Gasteiger partial charge in [-0.05, 0) is 43.3 Å². The highest BCUT2D eigenvalue weighted by molar-refractivity contribution is 7.99. The average Bonchev–Trinajstić information content (AvgIpc) is 3.28. The van der Waals surface area contributed by atoms with Crippen LogP contribution in [0.2, 0.25) is 0 Å². The molecular formula is C26H24FN5O2S. The summed E-state index contributed by atoms with van der Waals surface area (Å²) in [5, 5.41) is 11.7. The fraction of sp³-hybridized carbons (Fsp3) is 0.154. The minimum absolute atomic E-state index is 0.0382. The van der Waals surface area contributed by atoms with Crippen LogP contribution in [-0.2, 0) is 9.59 Å². The molecule has 0 saturated carbocycles. The SMILES string of the molecule is Cc1ccc(NC(=O)CN(C)C(=O)CSc2nnc(-c3ccccc3F)n2-c2ccccc2)cc1. The molecule has 0 atom stereocenters. The molecule has 1 heterocycles. The normalized spacial score (nSPS) is 10.7. The third kappa shape index (κ3) is 5.93. The van der Waals surface area contributed by atoms with E-state index in [1.54, 1.807) is 29.8 Å². The molecular weight excluding hydrogens is 465 g/mol. The second-order valence-corrected chi connectivity index (χ2v) is 8.85. The van der Waals surface area contributed by atoms with Crippen LogP contribution in [0.15, 0.2) is 84.0 Å². The van der Waals surface area contributed by atoms with Crippen LogP contribution < -0.4 is 5.32 Å². The molecule has 0 aliphatic heterocycles. The Bertz CT molecular complexity index is 1330. The maximum Gasteiger partial charge on any atom is 0.243 e. The zero-order chi connectivity index (χ0) is 24.8. The number of anilines is 1. The Kier molecular flexibility index (Phi) is 7.57. The molecule has 178 valence electrons. The van der Waals surface area contributed by atoms with Crippen LogP contribution in [0.5, 0.6) is 0 Å². The van der Waals surface area contributed by atoms with Crippen molar-refractivity contribution in [3.63, 3.8) is 0 Å². The minimum atomic E-state index is -0.413. The van der Waals surface area contributed by atoms with Crippen LogP contribution >= 0.6 is 11.8 Å². The van der Waals surface area contributed by atoms with E-state index in [-0.39, 0.29) is 24.1 Å². The maximum absolute atomic E-state index is 14.5. The summed E-state index contributed by atoms with van der Waals surface area (Å²) < 4.78 is 16.2. The van der Waals surface area contributed by atoms with Gasteiger partial charge in [0.1, 0.15) is 5.82 Å². The van der Waals surface area contributed by atoms with E-state index in [1.807, 2.05) is 61.5 Å². The zero-order valence-corrected chi connectivity index (χ0v) is 20.1. The van der Waals surface area contributed by atoms with Gasteiger partial charge < -0.3 is 10.2 Å². The number of benzene rings is 3. The molecule has 0 fully saturated rings. The van der Waals surface area contributed by atoms with E-state index in [2.05, 4.69) is 15.5 Å². The van der Waals surface area contributed by atoms with Gasteiger partial charge in [0.15, 0.2) is 11.0 Å². The fourth-order valence-electron chi connectivity index (χ4n) is 3.37. The number of nitrogens with zero attached hydrogens (tertiary/aromatic N) is 4. The minimum Gasteiger partial charge on any atom is -0.336 e. The quantitative estimate of drug-likeness (QED) is 0.367. The number of aromatic nitrogens is 3. The number of likely N-dealkylation sites (N-methyl/N-ethyl adjacent to an activating group) is 1. The van der Waals surface area contributed by atoms with Gasteiger partial charge in [0, 0.05) is 18.4 Å². The number of hydrogen-bond acceptors (Lipinski definition) is 5. The first-order valence-corrected chi connectivity index (χ1v) is 11.9.